The summed E-state index contributed by atoms with van der Waals surface area (Å²) >= 11 is 1.27. The van der Waals surface area contributed by atoms with Crippen molar-refractivity contribution in [2.45, 2.75) is 25.8 Å². The van der Waals surface area contributed by atoms with Crippen molar-refractivity contribution in [3.8, 4) is 0 Å². The van der Waals surface area contributed by atoms with Crippen LogP contribution >= 0.6 is 11.3 Å². The van der Waals surface area contributed by atoms with Gasteiger partial charge in [-0.3, -0.25) is 14.5 Å². The number of aromatic nitrogens is 1. The number of thiazole rings is 1. The third-order valence-electron chi connectivity index (χ3n) is 4.74. The Bertz CT molecular complexity index is 1030. The van der Waals surface area contributed by atoms with Crippen LogP contribution in [0.4, 0.5) is 5.13 Å². The van der Waals surface area contributed by atoms with Crippen molar-refractivity contribution in [1.29, 1.82) is 0 Å². The van der Waals surface area contributed by atoms with Gasteiger partial charge in [-0.1, -0.05) is 38.1 Å². The molecule has 2 aromatic heterocycles. The van der Waals surface area contributed by atoms with E-state index >= 15 is 0 Å². The minimum absolute atomic E-state index is 0.00699. The quantitative estimate of drug-likeness (QED) is 0.637. The summed E-state index contributed by atoms with van der Waals surface area (Å²) in [6.07, 6.45) is 2.96. The van der Waals surface area contributed by atoms with Crippen molar-refractivity contribution in [2.75, 3.05) is 4.90 Å². The Morgan fingerprint density at radius 1 is 1.25 bits per heavy atom. The molecule has 1 atom stereocenters. The van der Waals surface area contributed by atoms with Crippen molar-refractivity contribution in [1.82, 2.24) is 4.98 Å². The molecule has 0 aliphatic carbocycles. The van der Waals surface area contributed by atoms with E-state index in [2.05, 4.69) is 18.8 Å². The Kier molecular flexibility index (Phi) is 4.60. The number of aliphatic hydroxyl groups excluding tert-OH is 1. The summed E-state index contributed by atoms with van der Waals surface area (Å²) in [5.74, 6) is -1.33. The SMILES string of the molecule is CC(C)c1ccc(C2C(C(=O)c3ccco3)=C(O)C(=O)N2c2nccs2)cc1. The molecule has 0 fully saturated rings. The lowest BCUT2D eigenvalue weighted by Crippen LogP contribution is -2.30. The third kappa shape index (κ3) is 2.93. The fourth-order valence-corrected chi connectivity index (χ4v) is 3.96. The van der Waals surface area contributed by atoms with E-state index in [0.717, 1.165) is 5.56 Å². The van der Waals surface area contributed by atoms with Gasteiger partial charge in [-0.2, -0.15) is 0 Å². The number of aliphatic hydroxyl groups is 1. The second-order valence-electron chi connectivity index (χ2n) is 6.78. The van der Waals surface area contributed by atoms with E-state index in [9.17, 15) is 14.7 Å². The van der Waals surface area contributed by atoms with Gasteiger partial charge in [0, 0.05) is 11.6 Å². The van der Waals surface area contributed by atoms with Gasteiger partial charge in [0.2, 0.25) is 5.78 Å². The van der Waals surface area contributed by atoms with Crippen LogP contribution < -0.4 is 4.90 Å². The van der Waals surface area contributed by atoms with Crippen LogP contribution in [0.1, 0.15) is 47.5 Å². The number of anilines is 1. The van der Waals surface area contributed by atoms with Gasteiger partial charge in [0.05, 0.1) is 17.9 Å². The molecule has 4 rings (SSSR count). The smallest absolute Gasteiger partial charge is 0.296 e. The number of carbonyl (C=O) groups is 2. The Labute approximate surface area is 165 Å². The number of rotatable bonds is 5. The highest BCUT2D eigenvalue weighted by molar-refractivity contribution is 7.13. The molecular formula is C21H18N2O4S. The Balaban J connectivity index is 1.85. The zero-order valence-corrected chi connectivity index (χ0v) is 16.1. The van der Waals surface area contributed by atoms with Crippen molar-refractivity contribution in [3.63, 3.8) is 0 Å². The van der Waals surface area contributed by atoms with E-state index in [1.807, 2.05) is 24.3 Å². The van der Waals surface area contributed by atoms with Crippen molar-refractivity contribution in [2.24, 2.45) is 0 Å². The summed E-state index contributed by atoms with van der Waals surface area (Å²) < 4.78 is 5.21. The molecule has 1 aromatic carbocycles. The van der Waals surface area contributed by atoms with E-state index in [1.54, 1.807) is 17.6 Å². The van der Waals surface area contributed by atoms with Gasteiger partial charge in [-0.05, 0) is 29.2 Å². The van der Waals surface area contributed by atoms with Crippen LogP contribution in [0.3, 0.4) is 0 Å². The van der Waals surface area contributed by atoms with E-state index in [4.69, 9.17) is 4.42 Å². The molecule has 3 heterocycles. The maximum absolute atomic E-state index is 13.0. The summed E-state index contributed by atoms with van der Waals surface area (Å²) in [5.41, 5.74) is 1.85. The first-order chi connectivity index (χ1) is 13.5. The Morgan fingerprint density at radius 3 is 2.57 bits per heavy atom. The summed E-state index contributed by atoms with van der Waals surface area (Å²) in [6, 6.07) is 10.0. The van der Waals surface area contributed by atoms with Gasteiger partial charge in [0.1, 0.15) is 0 Å². The monoisotopic (exact) mass is 394 g/mol. The summed E-state index contributed by atoms with van der Waals surface area (Å²) in [4.78, 5) is 31.5. The lowest BCUT2D eigenvalue weighted by Gasteiger charge is -2.24. The average molecular weight is 394 g/mol. The molecule has 3 aromatic rings. The lowest BCUT2D eigenvalue weighted by molar-refractivity contribution is -0.117. The minimum Gasteiger partial charge on any atom is -0.503 e. The third-order valence-corrected chi connectivity index (χ3v) is 5.51. The molecular weight excluding hydrogens is 376 g/mol. The van der Waals surface area contributed by atoms with Crippen LogP contribution in [0.15, 0.2) is 70.0 Å². The fourth-order valence-electron chi connectivity index (χ4n) is 3.29. The first kappa shape index (κ1) is 18.2. The van der Waals surface area contributed by atoms with Gasteiger partial charge in [0.15, 0.2) is 16.7 Å². The predicted molar refractivity (Wildman–Crippen MR) is 106 cm³/mol. The molecule has 0 saturated carbocycles. The number of Topliss-reactive ketones (excluding diaryl/α,β-unsaturated/α-hetero) is 1. The van der Waals surface area contributed by atoms with Gasteiger partial charge < -0.3 is 9.52 Å². The number of hydrogen-bond acceptors (Lipinski definition) is 6. The zero-order chi connectivity index (χ0) is 19.8. The van der Waals surface area contributed by atoms with Crippen LogP contribution in [-0.2, 0) is 4.79 Å². The normalized spacial score (nSPS) is 17.0. The number of amides is 1. The number of ketones is 1. The Hall–Kier alpha value is -3.19. The largest absolute Gasteiger partial charge is 0.503 e. The topological polar surface area (TPSA) is 83.6 Å². The molecule has 0 bridgehead atoms. The maximum Gasteiger partial charge on any atom is 0.296 e. The van der Waals surface area contributed by atoms with Gasteiger partial charge in [-0.15, -0.1) is 11.3 Å². The average Bonchev–Trinajstić information content (AvgIpc) is 3.43. The van der Waals surface area contributed by atoms with E-state index in [-0.39, 0.29) is 11.3 Å². The maximum atomic E-state index is 13.0. The molecule has 1 aliphatic rings. The number of carbonyl (C=O) groups excluding carboxylic acids is 2. The molecule has 1 aliphatic heterocycles. The molecule has 6 nitrogen and oxygen atoms in total. The summed E-state index contributed by atoms with van der Waals surface area (Å²) in [6.45, 7) is 4.18. The molecule has 0 saturated heterocycles. The van der Waals surface area contributed by atoms with Crippen LogP contribution in [0.5, 0.6) is 0 Å². The van der Waals surface area contributed by atoms with Gasteiger partial charge in [-0.25, -0.2) is 4.98 Å². The van der Waals surface area contributed by atoms with Crippen molar-refractivity contribution >= 4 is 28.2 Å². The molecule has 28 heavy (non-hydrogen) atoms. The molecule has 0 radical (unpaired) electrons. The summed E-state index contributed by atoms with van der Waals surface area (Å²) in [7, 11) is 0. The van der Waals surface area contributed by atoms with Crippen molar-refractivity contribution in [3.05, 3.63) is 82.5 Å². The van der Waals surface area contributed by atoms with E-state index in [0.29, 0.717) is 16.6 Å². The fraction of sp³-hybridized carbons (Fsp3) is 0.190. The second kappa shape index (κ2) is 7.09. The van der Waals surface area contributed by atoms with Crippen LogP contribution in [0.2, 0.25) is 0 Å². The van der Waals surface area contributed by atoms with Crippen molar-refractivity contribution < 1.29 is 19.1 Å². The number of hydrogen-bond donors (Lipinski definition) is 1. The highest BCUT2D eigenvalue weighted by Gasteiger charge is 2.46. The van der Waals surface area contributed by atoms with Crippen LogP contribution in [0.25, 0.3) is 0 Å². The number of furan rings is 1. The number of benzene rings is 1. The van der Waals surface area contributed by atoms with Gasteiger partial charge in [0.25, 0.3) is 5.91 Å². The highest BCUT2D eigenvalue weighted by atomic mass is 32.1. The van der Waals surface area contributed by atoms with Crippen LogP contribution in [-0.4, -0.2) is 21.8 Å². The molecule has 1 unspecified atom stereocenters. The predicted octanol–water partition coefficient (Wildman–Crippen LogP) is 4.64. The molecule has 142 valence electrons. The molecule has 1 N–H and O–H groups in total. The first-order valence-electron chi connectivity index (χ1n) is 8.83. The van der Waals surface area contributed by atoms with Crippen LogP contribution in [0, 0.1) is 0 Å². The molecule has 1 amide bonds. The Morgan fingerprint density at radius 2 is 2.00 bits per heavy atom. The zero-order valence-electron chi connectivity index (χ0n) is 15.3. The number of nitrogens with zero attached hydrogens (tertiary/aromatic N) is 2. The highest BCUT2D eigenvalue weighted by Crippen LogP contribution is 2.42. The molecule has 0 spiro atoms. The summed E-state index contributed by atoms with van der Waals surface area (Å²) in [5, 5.41) is 12.7. The first-order valence-corrected chi connectivity index (χ1v) is 9.71. The lowest BCUT2D eigenvalue weighted by atomic mass is 9.93. The standard InChI is InChI=1S/C21H18N2O4S/c1-12(2)13-5-7-14(8-6-13)17-16(18(24)15-4-3-10-27-15)19(25)20(26)23(17)21-22-9-11-28-21/h3-12,17,25H,1-2H3. The van der Waals surface area contributed by atoms with Gasteiger partial charge >= 0.3 is 0 Å². The second-order valence-corrected chi connectivity index (χ2v) is 7.66. The van der Waals surface area contributed by atoms with E-state index < -0.39 is 23.5 Å². The molecule has 7 heteroatoms. The van der Waals surface area contributed by atoms with E-state index in [1.165, 1.54) is 28.6 Å². The minimum atomic E-state index is -0.780.